The van der Waals surface area contributed by atoms with Crippen molar-refractivity contribution in [2.45, 2.75) is 19.4 Å². The van der Waals surface area contributed by atoms with E-state index in [-0.39, 0.29) is 29.4 Å². The lowest BCUT2D eigenvalue weighted by atomic mass is 10.1. The van der Waals surface area contributed by atoms with Crippen LogP contribution in [0.15, 0.2) is 40.1 Å². The molecule has 1 aromatic carbocycles. The molecule has 0 radical (unpaired) electrons. The average Bonchev–Trinajstić information content (AvgIpc) is 3.21. The van der Waals surface area contributed by atoms with Crippen molar-refractivity contribution in [1.29, 1.82) is 0 Å². The van der Waals surface area contributed by atoms with Gasteiger partial charge < -0.3 is 15.0 Å². The number of pyridine rings is 1. The largest absolute Gasteiger partial charge is 0.381 e. The van der Waals surface area contributed by atoms with Crippen LogP contribution in [0, 0.1) is 23.4 Å². The first kappa shape index (κ1) is 22.2. The third-order valence-corrected chi connectivity index (χ3v) is 4.54. The zero-order valence-corrected chi connectivity index (χ0v) is 16.2. The summed E-state index contributed by atoms with van der Waals surface area (Å²) in [6.45, 7) is 1.25. The number of amides is 1. The van der Waals surface area contributed by atoms with Crippen molar-refractivity contribution in [3.8, 4) is 0 Å². The lowest BCUT2D eigenvalue weighted by Gasteiger charge is -2.08. The van der Waals surface area contributed by atoms with Crippen LogP contribution in [0.3, 0.4) is 0 Å². The fourth-order valence-electron chi connectivity index (χ4n) is 2.97. The number of hydrogen-bond acceptors (Lipinski definition) is 5. The normalized spacial score (nSPS) is 15.4. The Hall–Kier alpha value is -3.47. The predicted molar refractivity (Wildman–Crippen MR) is 105 cm³/mol. The summed E-state index contributed by atoms with van der Waals surface area (Å²) in [5, 5.41) is 2.71. The van der Waals surface area contributed by atoms with Gasteiger partial charge in [0.2, 0.25) is 5.91 Å². The van der Waals surface area contributed by atoms with Gasteiger partial charge in [-0.25, -0.2) is 18.0 Å². The van der Waals surface area contributed by atoms with Crippen LogP contribution in [0.1, 0.15) is 18.5 Å². The van der Waals surface area contributed by atoms with Crippen LogP contribution in [-0.2, 0) is 16.1 Å². The molecule has 1 unspecified atom stereocenters. The number of carbonyl (C=O) groups is 1. The number of carbonyl (C=O) groups excluding carboxylic acids is 1. The summed E-state index contributed by atoms with van der Waals surface area (Å²) in [5.74, 6) is -1.93. The van der Waals surface area contributed by atoms with Crippen molar-refractivity contribution >= 4 is 16.8 Å². The molecule has 164 valence electrons. The highest BCUT2D eigenvalue weighted by atomic mass is 19.1. The molecule has 1 atom stereocenters. The summed E-state index contributed by atoms with van der Waals surface area (Å²) in [4.78, 5) is 41.4. The number of nitrogens with one attached hydrogen (secondary N) is 3. The van der Waals surface area contributed by atoms with E-state index >= 15 is 0 Å². The van der Waals surface area contributed by atoms with Crippen LogP contribution < -0.4 is 16.6 Å². The van der Waals surface area contributed by atoms with Crippen molar-refractivity contribution in [2.75, 3.05) is 13.2 Å². The lowest BCUT2D eigenvalue weighted by molar-refractivity contribution is -0.122. The quantitative estimate of drug-likeness (QED) is 0.576. The summed E-state index contributed by atoms with van der Waals surface area (Å²) < 4.78 is 43.7. The second-order valence-electron chi connectivity index (χ2n) is 6.89. The van der Waals surface area contributed by atoms with Gasteiger partial charge in [-0.05, 0) is 30.5 Å². The van der Waals surface area contributed by atoms with Gasteiger partial charge >= 0.3 is 5.69 Å². The maximum Gasteiger partial charge on any atom is 0.326 e. The Morgan fingerprint density at radius 1 is 1.16 bits per heavy atom. The highest BCUT2D eigenvalue weighted by Crippen LogP contribution is 2.16. The number of rotatable bonds is 4. The van der Waals surface area contributed by atoms with Crippen LogP contribution in [0.5, 0.6) is 0 Å². The van der Waals surface area contributed by atoms with E-state index in [1.165, 1.54) is 12.1 Å². The molecule has 8 nitrogen and oxygen atoms in total. The van der Waals surface area contributed by atoms with E-state index in [0.29, 0.717) is 25.2 Å². The van der Waals surface area contributed by atoms with E-state index in [1.54, 1.807) is 0 Å². The molecule has 2 aromatic heterocycles. The van der Waals surface area contributed by atoms with Crippen molar-refractivity contribution < 1.29 is 22.7 Å². The Kier molecular flexibility index (Phi) is 7.19. The van der Waals surface area contributed by atoms with Crippen molar-refractivity contribution in [1.82, 2.24) is 20.3 Å². The summed E-state index contributed by atoms with van der Waals surface area (Å²) in [6, 6.07) is 4.35. The Bertz CT molecular complexity index is 1190. The maximum absolute atomic E-state index is 13.2. The van der Waals surface area contributed by atoms with Crippen molar-refractivity contribution in [3.05, 3.63) is 74.4 Å². The molecule has 1 amide bonds. The maximum atomic E-state index is 13.2. The number of hydrogen-bond donors (Lipinski definition) is 3. The first-order valence-electron chi connectivity index (χ1n) is 9.38. The zero-order valence-electron chi connectivity index (χ0n) is 16.2. The summed E-state index contributed by atoms with van der Waals surface area (Å²) in [5.41, 5.74) is -0.815. The van der Waals surface area contributed by atoms with E-state index < -0.39 is 28.7 Å². The number of aromatic nitrogens is 3. The predicted octanol–water partition coefficient (Wildman–Crippen LogP) is 1.76. The first-order chi connectivity index (χ1) is 14.8. The molecule has 3 aromatic rings. The van der Waals surface area contributed by atoms with Crippen LogP contribution in [0.25, 0.3) is 10.9 Å². The second-order valence-corrected chi connectivity index (χ2v) is 6.89. The molecular weight excluding hydrogens is 417 g/mol. The van der Waals surface area contributed by atoms with Gasteiger partial charge in [-0.1, -0.05) is 0 Å². The minimum absolute atomic E-state index is 0.0292. The monoisotopic (exact) mass is 436 g/mol. The molecular formula is C20H19F3N4O4. The number of nitrogens with zero attached hydrogens (tertiary/aromatic N) is 1. The third kappa shape index (κ3) is 6.25. The van der Waals surface area contributed by atoms with Gasteiger partial charge in [0.15, 0.2) is 0 Å². The third-order valence-electron chi connectivity index (χ3n) is 4.54. The molecule has 11 heteroatoms. The number of benzene rings is 1. The van der Waals surface area contributed by atoms with E-state index in [9.17, 15) is 27.6 Å². The van der Waals surface area contributed by atoms with Crippen LogP contribution in [-0.4, -0.2) is 34.1 Å². The van der Waals surface area contributed by atoms with Crippen LogP contribution in [0.4, 0.5) is 13.2 Å². The highest BCUT2D eigenvalue weighted by Gasteiger charge is 2.19. The van der Waals surface area contributed by atoms with E-state index in [4.69, 9.17) is 4.74 Å². The topological polar surface area (TPSA) is 117 Å². The van der Waals surface area contributed by atoms with Crippen LogP contribution in [0.2, 0.25) is 0 Å². The fourth-order valence-corrected chi connectivity index (χ4v) is 2.97. The average molecular weight is 436 g/mol. The number of ether oxygens (including phenoxy) is 1. The SMILES string of the molecule is O=C(CC1CCOC1)NCc1ncc(F)cc1F.O=c1[nH]c(=O)c2cc(F)ccc2[nH]1. The summed E-state index contributed by atoms with van der Waals surface area (Å²) in [7, 11) is 0. The zero-order chi connectivity index (χ0) is 22.4. The Labute approximate surface area is 173 Å². The van der Waals surface area contributed by atoms with Gasteiger partial charge in [0, 0.05) is 25.7 Å². The molecule has 3 N–H and O–H groups in total. The van der Waals surface area contributed by atoms with Gasteiger partial charge in [-0.2, -0.15) is 0 Å². The standard InChI is InChI=1S/C12H14F2N2O2.C8H5FN2O2/c13-9-4-10(14)11(15-5-9)6-16-12(17)3-8-1-2-18-7-8;9-4-1-2-6-5(3-4)7(12)11-8(13)10-6/h4-5,8H,1-3,6-7H2,(H,16,17);1-3H,(H2,10,11,12,13). The fraction of sp³-hybridized carbons (Fsp3) is 0.300. The molecule has 0 aliphatic carbocycles. The molecule has 0 saturated carbocycles. The molecule has 1 aliphatic rings. The number of halogens is 3. The smallest absolute Gasteiger partial charge is 0.326 e. The van der Waals surface area contributed by atoms with Crippen LogP contribution >= 0.6 is 0 Å². The van der Waals surface area contributed by atoms with E-state index in [0.717, 1.165) is 24.8 Å². The van der Waals surface area contributed by atoms with Crippen molar-refractivity contribution in [2.24, 2.45) is 5.92 Å². The molecule has 1 aliphatic heterocycles. The Morgan fingerprint density at radius 3 is 2.68 bits per heavy atom. The van der Waals surface area contributed by atoms with E-state index in [1.807, 2.05) is 4.98 Å². The molecule has 1 saturated heterocycles. The minimum atomic E-state index is -0.750. The summed E-state index contributed by atoms with van der Waals surface area (Å²) >= 11 is 0. The Morgan fingerprint density at radius 2 is 1.97 bits per heavy atom. The molecule has 31 heavy (non-hydrogen) atoms. The number of fused-ring (bicyclic) bond motifs is 1. The highest BCUT2D eigenvalue weighted by molar-refractivity contribution is 5.77. The Balaban J connectivity index is 0.000000185. The molecule has 1 fully saturated rings. The van der Waals surface area contributed by atoms with Gasteiger partial charge in [0.05, 0.1) is 29.3 Å². The molecule has 0 spiro atoms. The number of H-pyrrole nitrogens is 2. The van der Waals surface area contributed by atoms with Gasteiger partial charge in [0.1, 0.15) is 17.5 Å². The van der Waals surface area contributed by atoms with Gasteiger partial charge in [-0.3, -0.25) is 19.6 Å². The summed E-state index contributed by atoms with van der Waals surface area (Å²) in [6.07, 6.45) is 2.16. The van der Waals surface area contributed by atoms with Gasteiger partial charge in [-0.15, -0.1) is 0 Å². The molecule has 4 rings (SSSR count). The second kappa shape index (κ2) is 10.0. The van der Waals surface area contributed by atoms with E-state index in [2.05, 4.69) is 15.3 Å². The first-order valence-corrected chi connectivity index (χ1v) is 9.38. The lowest BCUT2D eigenvalue weighted by Crippen LogP contribution is -2.26. The number of aromatic amines is 2. The van der Waals surface area contributed by atoms with Crippen molar-refractivity contribution in [3.63, 3.8) is 0 Å². The molecule has 3 heterocycles. The van der Waals surface area contributed by atoms with Gasteiger partial charge in [0.25, 0.3) is 5.56 Å². The minimum Gasteiger partial charge on any atom is -0.381 e. The molecule has 0 bridgehead atoms.